The SMILES string of the molecule is O=CNC(C(=O)O)(c1ccc(Cl)cc1)C1CC1. The standard InChI is InChI=1S/C12H12ClNO3/c13-10-5-3-9(4-6-10)12(11(16)17,14-7-15)8-1-2-8/h3-8H,1-2H2,(H,14,15)(H,16,17). The van der Waals surface area contributed by atoms with Crippen molar-refractivity contribution in [3.8, 4) is 0 Å². The number of nitrogens with one attached hydrogen (secondary N) is 1. The summed E-state index contributed by atoms with van der Waals surface area (Å²) in [5.74, 6) is -1.08. The van der Waals surface area contributed by atoms with Crippen LogP contribution in [0.3, 0.4) is 0 Å². The molecule has 1 unspecified atom stereocenters. The second-order valence-corrected chi connectivity index (χ2v) is 4.59. The molecule has 2 N–H and O–H groups in total. The normalized spacial score (nSPS) is 18.2. The van der Waals surface area contributed by atoms with Crippen LogP contribution >= 0.6 is 11.6 Å². The van der Waals surface area contributed by atoms with Crippen molar-refractivity contribution in [3.05, 3.63) is 34.9 Å². The number of hydrogen-bond acceptors (Lipinski definition) is 2. The first kappa shape index (κ1) is 11.9. The molecule has 5 heteroatoms. The Bertz CT molecular complexity index is 442. The molecule has 1 aliphatic carbocycles. The molecule has 90 valence electrons. The van der Waals surface area contributed by atoms with Crippen LogP contribution in [0.1, 0.15) is 18.4 Å². The zero-order valence-corrected chi connectivity index (χ0v) is 9.78. The molecule has 0 saturated heterocycles. The highest BCUT2D eigenvalue weighted by atomic mass is 35.5. The Labute approximate surface area is 104 Å². The smallest absolute Gasteiger partial charge is 0.334 e. The Hall–Kier alpha value is -1.55. The molecule has 4 nitrogen and oxygen atoms in total. The molecule has 0 aliphatic heterocycles. The minimum Gasteiger partial charge on any atom is -0.479 e. The van der Waals surface area contributed by atoms with Gasteiger partial charge in [-0.1, -0.05) is 23.7 Å². The van der Waals surface area contributed by atoms with E-state index in [1.54, 1.807) is 24.3 Å². The van der Waals surface area contributed by atoms with E-state index in [1.165, 1.54) is 0 Å². The molecule has 1 saturated carbocycles. The first-order valence-corrected chi connectivity index (χ1v) is 5.70. The van der Waals surface area contributed by atoms with E-state index in [-0.39, 0.29) is 5.92 Å². The van der Waals surface area contributed by atoms with Gasteiger partial charge in [-0.15, -0.1) is 0 Å². The summed E-state index contributed by atoms with van der Waals surface area (Å²) in [7, 11) is 0. The molecule has 1 aromatic carbocycles. The molecule has 0 aromatic heterocycles. The van der Waals surface area contributed by atoms with Crippen molar-refractivity contribution in [1.29, 1.82) is 0 Å². The fourth-order valence-electron chi connectivity index (χ4n) is 2.12. The van der Waals surface area contributed by atoms with Gasteiger partial charge in [0.2, 0.25) is 6.41 Å². The third-order valence-electron chi connectivity index (χ3n) is 3.11. The number of halogens is 1. The molecular formula is C12H12ClNO3. The van der Waals surface area contributed by atoms with Gasteiger partial charge in [-0.25, -0.2) is 4.79 Å². The molecule has 1 aliphatic rings. The van der Waals surface area contributed by atoms with Gasteiger partial charge in [0.15, 0.2) is 5.54 Å². The summed E-state index contributed by atoms with van der Waals surface area (Å²) in [6.07, 6.45) is 2.05. The van der Waals surface area contributed by atoms with Gasteiger partial charge in [-0.2, -0.15) is 0 Å². The highest BCUT2D eigenvalue weighted by molar-refractivity contribution is 6.30. The summed E-state index contributed by atoms with van der Waals surface area (Å²) >= 11 is 5.78. The van der Waals surface area contributed by atoms with Gasteiger partial charge in [-0.05, 0) is 36.5 Å². The number of rotatable bonds is 5. The first-order chi connectivity index (χ1) is 8.11. The number of carboxylic acids is 1. The van der Waals surface area contributed by atoms with Crippen molar-refractivity contribution in [2.24, 2.45) is 5.92 Å². The Kier molecular flexibility index (Phi) is 3.07. The largest absolute Gasteiger partial charge is 0.479 e. The predicted molar refractivity (Wildman–Crippen MR) is 62.7 cm³/mol. The number of amides is 1. The Morgan fingerprint density at radius 2 is 2.00 bits per heavy atom. The Morgan fingerprint density at radius 3 is 2.41 bits per heavy atom. The van der Waals surface area contributed by atoms with Crippen molar-refractivity contribution >= 4 is 24.0 Å². The molecular weight excluding hydrogens is 242 g/mol. The Balaban J connectivity index is 2.47. The maximum atomic E-state index is 11.5. The average molecular weight is 254 g/mol. The number of hydrogen-bond donors (Lipinski definition) is 2. The molecule has 0 radical (unpaired) electrons. The molecule has 0 spiro atoms. The van der Waals surface area contributed by atoms with Gasteiger partial charge in [-0.3, -0.25) is 4.79 Å². The van der Waals surface area contributed by atoms with Gasteiger partial charge in [0, 0.05) is 5.02 Å². The highest BCUT2D eigenvalue weighted by Crippen LogP contribution is 2.46. The van der Waals surface area contributed by atoms with E-state index >= 15 is 0 Å². The number of benzene rings is 1. The van der Waals surface area contributed by atoms with Crippen molar-refractivity contribution in [1.82, 2.24) is 5.32 Å². The summed E-state index contributed by atoms with van der Waals surface area (Å²) in [5, 5.41) is 12.4. The summed E-state index contributed by atoms with van der Waals surface area (Å²) in [5.41, 5.74) is -0.754. The minimum atomic E-state index is -1.31. The van der Waals surface area contributed by atoms with Gasteiger partial charge in [0.25, 0.3) is 0 Å². The lowest BCUT2D eigenvalue weighted by molar-refractivity contribution is -0.148. The number of carboxylic acid groups (broad SMARTS) is 1. The number of carbonyl (C=O) groups is 2. The third kappa shape index (κ3) is 2.00. The van der Waals surface area contributed by atoms with E-state index in [9.17, 15) is 14.7 Å². The van der Waals surface area contributed by atoms with E-state index in [1.807, 2.05) is 0 Å². The maximum Gasteiger partial charge on any atom is 0.334 e. The van der Waals surface area contributed by atoms with Crippen LogP contribution < -0.4 is 5.32 Å². The van der Waals surface area contributed by atoms with Gasteiger partial charge in [0.05, 0.1) is 0 Å². The van der Waals surface area contributed by atoms with Crippen LogP contribution in [0.25, 0.3) is 0 Å². The van der Waals surface area contributed by atoms with E-state index < -0.39 is 11.5 Å². The van der Waals surface area contributed by atoms with Gasteiger partial charge in [0.1, 0.15) is 0 Å². The van der Waals surface area contributed by atoms with Crippen molar-refractivity contribution < 1.29 is 14.7 Å². The molecule has 2 rings (SSSR count). The first-order valence-electron chi connectivity index (χ1n) is 5.32. The van der Waals surface area contributed by atoms with Crippen molar-refractivity contribution in [2.75, 3.05) is 0 Å². The topological polar surface area (TPSA) is 66.4 Å². The van der Waals surface area contributed by atoms with Gasteiger partial charge < -0.3 is 10.4 Å². The molecule has 0 bridgehead atoms. The van der Waals surface area contributed by atoms with Crippen LogP contribution in [0, 0.1) is 5.92 Å². The van der Waals surface area contributed by atoms with Crippen LogP contribution in [0.4, 0.5) is 0 Å². The highest BCUT2D eigenvalue weighted by Gasteiger charge is 2.52. The van der Waals surface area contributed by atoms with E-state index in [0.717, 1.165) is 12.8 Å². The summed E-state index contributed by atoms with van der Waals surface area (Å²) < 4.78 is 0. The maximum absolute atomic E-state index is 11.5. The molecule has 1 aromatic rings. The Morgan fingerprint density at radius 1 is 1.41 bits per heavy atom. The van der Waals surface area contributed by atoms with Crippen molar-refractivity contribution in [3.63, 3.8) is 0 Å². The van der Waals surface area contributed by atoms with Crippen LogP contribution in [-0.4, -0.2) is 17.5 Å². The quantitative estimate of drug-likeness (QED) is 0.786. The monoisotopic (exact) mass is 253 g/mol. The summed E-state index contributed by atoms with van der Waals surface area (Å²) in [6.45, 7) is 0. The molecule has 17 heavy (non-hydrogen) atoms. The number of aliphatic carboxylic acids is 1. The minimum absolute atomic E-state index is 0.0497. The molecule has 1 fully saturated rings. The number of carbonyl (C=O) groups excluding carboxylic acids is 1. The zero-order chi connectivity index (χ0) is 12.5. The van der Waals surface area contributed by atoms with Crippen LogP contribution in [-0.2, 0) is 15.1 Å². The van der Waals surface area contributed by atoms with Crippen LogP contribution in [0.15, 0.2) is 24.3 Å². The second kappa shape index (κ2) is 4.37. The average Bonchev–Trinajstić information content (AvgIpc) is 3.11. The van der Waals surface area contributed by atoms with E-state index in [4.69, 9.17) is 11.6 Å². The van der Waals surface area contributed by atoms with Crippen molar-refractivity contribution in [2.45, 2.75) is 18.4 Å². The van der Waals surface area contributed by atoms with Crippen LogP contribution in [0.5, 0.6) is 0 Å². The molecule has 0 heterocycles. The third-order valence-corrected chi connectivity index (χ3v) is 3.37. The summed E-state index contributed by atoms with van der Waals surface area (Å²) in [6, 6.07) is 6.55. The van der Waals surface area contributed by atoms with E-state index in [2.05, 4.69) is 5.32 Å². The lowest BCUT2D eigenvalue weighted by Crippen LogP contribution is -2.50. The van der Waals surface area contributed by atoms with E-state index in [0.29, 0.717) is 17.0 Å². The second-order valence-electron chi connectivity index (χ2n) is 4.16. The van der Waals surface area contributed by atoms with Crippen LogP contribution in [0.2, 0.25) is 5.02 Å². The lowest BCUT2D eigenvalue weighted by Gasteiger charge is -2.29. The zero-order valence-electron chi connectivity index (χ0n) is 9.02. The predicted octanol–water partition coefficient (Wildman–Crippen LogP) is 1.78. The lowest BCUT2D eigenvalue weighted by atomic mass is 9.85. The fourth-order valence-corrected chi connectivity index (χ4v) is 2.24. The summed E-state index contributed by atoms with van der Waals surface area (Å²) in [4.78, 5) is 22.2. The molecule has 1 amide bonds. The molecule has 1 atom stereocenters. The van der Waals surface area contributed by atoms with Gasteiger partial charge >= 0.3 is 5.97 Å². The fraction of sp³-hybridized carbons (Fsp3) is 0.333.